The van der Waals surface area contributed by atoms with Gasteiger partial charge in [0, 0.05) is 11.1 Å². The average molecular weight is 501 g/mol. The van der Waals surface area contributed by atoms with Gasteiger partial charge in [-0.3, -0.25) is 9.10 Å². The minimum absolute atomic E-state index is 0.103. The maximum Gasteiger partial charge on any atom is 0.267 e. The van der Waals surface area contributed by atoms with Crippen LogP contribution in [0.1, 0.15) is 11.1 Å². The molecule has 6 rings (SSSR count). The first kappa shape index (κ1) is 22.4. The topological polar surface area (TPSA) is 84.9 Å². The number of carbonyl (C=O) groups is 1. The second kappa shape index (κ2) is 8.57. The molecule has 0 bridgehead atoms. The zero-order valence-electron chi connectivity index (χ0n) is 19.6. The number of carbonyl (C=O) groups excluding carboxylic acids is 1. The standard InChI is InChI=1S/C28H24N2O5S/c1-34-20-12-14-21(15-13-20)36(32,33)30-17-26(35-25-8-3-2-7-24(25)30)28(31)29-23-16-11-19-10-9-18-5-4-6-22(23)27(18)19/h2-8,11-16,26H,9-10,17H2,1H3,(H,29,31)/t26-/m0/s1. The Morgan fingerprint density at radius 1 is 0.944 bits per heavy atom. The predicted octanol–water partition coefficient (Wildman–Crippen LogP) is 4.54. The molecule has 2 aliphatic rings. The van der Waals surface area contributed by atoms with Crippen molar-refractivity contribution in [2.45, 2.75) is 23.8 Å². The molecule has 0 unspecified atom stereocenters. The third-order valence-electron chi connectivity index (χ3n) is 6.81. The smallest absolute Gasteiger partial charge is 0.267 e. The number of aryl methyl sites for hydroxylation is 2. The van der Waals surface area contributed by atoms with Gasteiger partial charge in [0.2, 0.25) is 0 Å². The molecule has 1 aliphatic heterocycles. The lowest BCUT2D eigenvalue weighted by molar-refractivity contribution is -0.122. The van der Waals surface area contributed by atoms with E-state index in [4.69, 9.17) is 9.47 Å². The number of benzene rings is 4. The number of anilines is 2. The molecule has 7 nitrogen and oxygen atoms in total. The van der Waals surface area contributed by atoms with Gasteiger partial charge in [-0.05, 0) is 71.8 Å². The third kappa shape index (κ3) is 3.65. The molecule has 36 heavy (non-hydrogen) atoms. The lowest BCUT2D eigenvalue weighted by Crippen LogP contribution is -2.48. The number of methoxy groups -OCH3 is 1. The van der Waals surface area contributed by atoms with Crippen LogP contribution in [0.3, 0.4) is 0 Å². The molecule has 182 valence electrons. The van der Waals surface area contributed by atoms with E-state index >= 15 is 0 Å². The van der Waals surface area contributed by atoms with Crippen LogP contribution in [0.25, 0.3) is 10.8 Å². The van der Waals surface area contributed by atoms with Crippen LogP contribution in [0.4, 0.5) is 11.4 Å². The van der Waals surface area contributed by atoms with Crippen LogP contribution in [0, 0.1) is 0 Å². The molecular weight excluding hydrogens is 476 g/mol. The summed E-state index contributed by atoms with van der Waals surface area (Å²) in [7, 11) is -2.44. The Balaban J connectivity index is 1.33. The summed E-state index contributed by atoms with van der Waals surface area (Å²) in [5.74, 6) is 0.485. The van der Waals surface area contributed by atoms with Gasteiger partial charge in [0.25, 0.3) is 15.9 Å². The van der Waals surface area contributed by atoms with Crippen LogP contribution in [-0.4, -0.2) is 34.1 Å². The monoisotopic (exact) mass is 500 g/mol. The highest BCUT2D eigenvalue weighted by Gasteiger charge is 2.37. The van der Waals surface area contributed by atoms with E-state index in [1.54, 1.807) is 36.4 Å². The van der Waals surface area contributed by atoms with Crippen LogP contribution in [0.15, 0.2) is 83.8 Å². The second-order valence-electron chi connectivity index (χ2n) is 8.89. The lowest BCUT2D eigenvalue weighted by Gasteiger charge is -2.34. The summed E-state index contributed by atoms with van der Waals surface area (Å²) >= 11 is 0. The number of rotatable bonds is 5. The predicted molar refractivity (Wildman–Crippen MR) is 138 cm³/mol. The van der Waals surface area contributed by atoms with E-state index in [1.165, 1.54) is 40.1 Å². The van der Waals surface area contributed by atoms with Crippen molar-refractivity contribution < 1.29 is 22.7 Å². The summed E-state index contributed by atoms with van der Waals surface area (Å²) in [5, 5.41) is 5.16. The van der Waals surface area contributed by atoms with Gasteiger partial charge in [-0.25, -0.2) is 8.42 Å². The molecule has 1 heterocycles. The Hall–Kier alpha value is -4.04. The number of nitrogens with one attached hydrogen (secondary N) is 1. The largest absolute Gasteiger partial charge is 0.497 e. The van der Waals surface area contributed by atoms with Crippen molar-refractivity contribution >= 4 is 38.1 Å². The number of ether oxygens (including phenoxy) is 2. The second-order valence-corrected chi connectivity index (χ2v) is 10.7. The van der Waals surface area contributed by atoms with Gasteiger partial charge >= 0.3 is 0 Å². The summed E-state index contributed by atoms with van der Waals surface area (Å²) in [6.45, 7) is -0.154. The fourth-order valence-corrected chi connectivity index (χ4v) is 6.49. The van der Waals surface area contributed by atoms with Crippen molar-refractivity contribution in [3.63, 3.8) is 0 Å². The number of amides is 1. The Morgan fingerprint density at radius 3 is 2.47 bits per heavy atom. The van der Waals surface area contributed by atoms with Crippen molar-refractivity contribution in [1.29, 1.82) is 0 Å². The van der Waals surface area contributed by atoms with Crippen LogP contribution in [-0.2, 0) is 27.7 Å². The van der Waals surface area contributed by atoms with E-state index in [1.807, 2.05) is 24.3 Å². The van der Waals surface area contributed by atoms with Crippen LogP contribution in [0.5, 0.6) is 11.5 Å². The molecular formula is C28H24N2O5S. The van der Waals surface area contributed by atoms with Crippen LogP contribution >= 0.6 is 0 Å². The zero-order valence-corrected chi connectivity index (χ0v) is 20.4. The Morgan fingerprint density at radius 2 is 1.69 bits per heavy atom. The number of hydrogen-bond acceptors (Lipinski definition) is 5. The minimum atomic E-state index is -3.96. The highest BCUT2D eigenvalue weighted by molar-refractivity contribution is 7.92. The summed E-state index contributed by atoms with van der Waals surface area (Å²) in [5.41, 5.74) is 3.63. The van der Waals surface area contributed by atoms with Crippen molar-refractivity contribution in [3.8, 4) is 11.5 Å². The lowest BCUT2D eigenvalue weighted by atomic mass is 10.0. The van der Waals surface area contributed by atoms with Crippen molar-refractivity contribution in [2.24, 2.45) is 0 Å². The molecule has 0 spiro atoms. The third-order valence-corrected chi connectivity index (χ3v) is 8.60. The molecule has 0 radical (unpaired) electrons. The van der Waals surface area contributed by atoms with Crippen molar-refractivity contribution in [1.82, 2.24) is 0 Å². The molecule has 1 aliphatic carbocycles. The SMILES string of the molecule is COc1ccc(S(=O)(=O)N2C[C@@H](C(=O)Nc3ccc4c5c(cccc35)CC4)Oc3ccccc32)cc1. The summed E-state index contributed by atoms with van der Waals surface area (Å²) < 4.78 is 39.7. The average Bonchev–Trinajstić information content (AvgIpc) is 3.34. The van der Waals surface area contributed by atoms with Gasteiger partial charge in [0.05, 0.1) is 24.2 Å². The Kier molecular flexibility index (Phi) is 5.34. The highest BCUT2D eigenvalue weighted by atomic mass is 32.2. The van der Waals surface area contributed by atoms with E-state index in [0.29, 0.717) is 22.9 Å². The number of hydrogen-bond donors (Lipinski definition) is 1. The van der Waals surface area contributed by atoms with Crippen LogP contribution in [0.2, 0.25) is 0 Å². The molecule has 4 aromatic carbocycles. The van der Waals surface area contributed by atoms with E-state index < -0.39 is 22.0 Å². The number of fused-ring (bicyclic) bond motifs is 1. The van der Waals surface area contributed by atoms with Crippen molar-refractivity contribution in [2.75, 3.05) is 23.3 Å². The minimum Gasteiger partial charge on any atom is -0.497 e. The van der Waals surface area contributed by atoms with Gasteiger partial charge in [-0.1, -0.05) is 36.4 Å². The Labute approximate surface area is 209 Å². The molecule has 1 atom stereocenters. The molecule has 0 saturated carbocycles. The first-order valence-corrected chi connectivity index (χ1v) is 13.2. The number of sulfonamides is 1. The van der Waals surface area contributed by atoms with Crippen molar-refractivity contribution in [3.05, 3.63) is 90.0 Å². The normalized spacial score (nSPS) is 16.4. The molecule has 0 fully saturated rings. The van der Waals surface area contributed by atoms with Crippen LogP contribution < -0.4 is 19.1 Å². The van der Waals surface area contributed by atoms with Gasteiger partial charge in [0.15, 0.2) is 6.10 Å². The molecule has 1 N–H and O–H groups in total. The molecule has 1 amide bonds. The Bertz CT molecular complexity index is 1590. The van der Waals surface area contributed by atoms with Gasteiger partial charge < -0.3 is 14.8 Å². The quantitative estimate of drug-likeness (QED) is 0.435. The molecule has 8 heteroatoms. The fourth-order valence-electron chi connectivity index (χ4n) is 5.01. The molecule has 0 aromatic heterocycles. The van der Waals surface area contributed by atoms with E-state index in [2.05, 4.69) is 11.4 Å². The van der Waals surface area contributed by atoms with E-state index in [-0.39, 0.29) is 11.4 Å². The summed E-state index contributed by atoms with van der Waals surface area (Å²) in [6, 6.07) is 23.1. The first-order chi connectivity index (χ1) is 17.5. The van der Waals surface area contributed by atoms with Gasteiger partial charge in [-0.15, -0.1) is 0 Å². The maximum atomic E-state index is 13.6. The zero-order chi connectivity index (χ0) is 24.9. The van der Waals surface area contributed by atoms with Gasteiger partial charge in [0.1, 0.15) is 11.5 Å². The fraction of sp³-hybridized carbons (Fsp3) is 0.179. The number of nitrogens with zero attached hydrogens (tertiary/aromatic N) is 1. The highest BCUT2D eigenvalue weighted by Crippen LogP contribution is 2.38. The molecule has 4 aromatic rings. The summed E-state index contributed by atoms with van der Waals surface area (Å²) in [4.78, 5) is 13.5. The number of para-hydroxylation sites is 2. The van der Waals surface area contributed by atoms with E-state index in [0.717, 1.165) is 18.2 Å². The maximum absolute atomic E-state index is 13.6. The molecule has 0 saturated heterocycles. The van der Waals surface area contributed by atoms with E-state index in [9.17, 15) is 13.2 Å². The van der Waals surface area contributed by atoms with Gasteiger partial charge in [-0.2, -0.15) is 0 Å². The first-order valence-electron chi connectivity index (χ1n) is 11.7. The summed E-state index contributed by atoms with van der Waals surface area (Å²) in [6.07, 6.45) is 0.950.